The molecule has 0 aromatic carbocycles. The summed E-state index contributed by atoms with van der Waals surface area (Å²) in [5.74, 6) is -0.647. The van der Waals surface area contributed by atoms with Gasteiger partial charge in [-0.2, -0.15) is 0 Å². The van der Waals surface area contributed by atoms with Crippen molar-refractivity contribution in [3.63, 3.8) is 0 Å². The number of rotatable bonds is 8. The first kappa shape index (κ1) is 20.4. The fraction of sp³-hybridized carbons (Fsp3) is 0.857. The van der Waals surface area contributed by atoms with Crippen LogP contribution in [0.1, 0.15) is 71.6 Å². The minimum absolute atomic E-state index is 0.198. The number of nitrogens with zero attached hydrogens (tertiary/aromatic N) is 1. The standard InChI is InChI=1S/C21H38NO3/c1-4-22(3,5-2)16-17-25-20(23)19(18-12-8-6-9-13-18)21(24)14-10-7-11-15-21/h12,19,24H,4-11,13-17H2,1-3H3/q+1. The lowest BCUT2D eigenvalue weighted by molar-refractivity contribution is -0.906. The summed E-state index contributed by atoms with van der Waals surface area (Å²) in [5.41, 5.74) is 0.232. The fourth-order valence-electron chi connectivity index (χ4n) is 4.28. The van der Waals surface area contributed by atoms with Crippen molar-refractivity contribution >= 4 is 5.97 Å². The van der Waals surface area contributed by atoms with Gasteiger partial charge in [-0.15, -0.1) is 0 Å². The summed E-state index contributed by atoms with van der Waals surface area (Å²) in [7, 11) is 2.20. The number of likely N-dealkylation sites (N-methyl/N-ethyl adjacent to an activating group) is 1. The molecule has 0 heterocycles. The minimum atomic E-state index is -0.897. The number of allylic oxidation sites excluding steroid dienone is 1. The van der Waals surface area contributed by atoms with Crippen molar-refractivity contribution in [2.45, 2.75) is 77.2 Å². The Labute approximate surface area is 153 Å². The van der Waals surface area contributed by atoms with Crippen molar-refractivity contribution < 1.29 is 19.1 Å². The molecule has 1 N–H and O–H groups in total. The average Bonchev–Trinajstić information content (AvgIpc) is 2.63. The van der Waals surface area contributed by atoms with Gasteiger partial charge in [0, 0.05) is 0 Å². The highest BCUT2D eigenvalue weighted by molar-refractivity contribution is 5.77. The highest BCUT2D eigenvalue weighted by Crippen LogP contribution is 2.41. The largest absolute Gasteiger partial charge is 0.459 e. The second kappa shape index (κ2) is 9.18. The highest BCUT2D eigenvalue weighted by Gasteiger charge is 2.45. The van der Waals surface area contributed by atoms with Crippen LogP contribution in [0.15, 0.2) is 11.6 Å². The first-order valence-electron chi connectivity index (χ1n) is 10.4. The molecule has 4 nitrogen and oxygen atoms in total. The van der Waals surface area contributed by atoms with E-state index in [4.69, 9.17) is 4.74 Å². The van der Waals surface area contributed by atoms with Crippen LogP contribution in [-0.4, -0.2) is 54.4 Å². The van der Waals surface area contributed by atoms with Crippen molar-refractivity contribution in [1.29, 1.82) is 0 Å². The van der Waals surface area contributed by atoms with E-state index in [0.29, 0.717) is 6.61 Å². The quantitative estimate of drug-likeness (QED) is 0.410. The third kappa shape index (κ3) is 5.30. The summed E-state index contributed by atoms with van der Waals surface area (Å²) < 4.78 is 6.63. The molecule has 0 radical (unpaired) electrons. The summed E-state index contributed by atoms with van der Waals surface area (Å²) in [6.07, 6.45) is 11.1. The van der Waals surface area contributed by atoms with E-state index in [1.54, 1.807) is 0 Å². The van der Waals surface area contributed by atoms with Crippen LogP contribution in [0.25, 0.3) is 0 Å². The van der Waals surface area contributed by atoms with Gasteiger partial charge in [-0.05, 0) is 52.4 Å². The Morgan fingerprint density at radius 1 is 1.20 bits per heavy atom. The molecule has 25 heavy (non-hydrogen) atoms. The van der Waals surface area contributed by atoms with Crippen LogP contribution in [0.2, 0.25) is 0 Å². The van der Waals surface area contributed by atoms with E-state index >= 15 is 0 Å². The topological polar surface area (TPSA) is 46.5 Å². The van der Waals surface area contributed by atoms with Crippen molar-refractivity contribution in [2.24, 2.45) is 5.92 Å². The number of esters is 1. The lowest BCUT2D eigenvalue weighted by atomic mass is 9.70. The van der Waals surface area contributed by atoms with Crippen LogP contribution in [0.4, 0.5) is 0 Å². The second-order valence-electron chi connectivity index (χ2n) is 8.27. The van der Waals surface area contributed by atoms with Crippen LogP contribution < -0.4 is 0 Å². The van der Waals surface area contributed by atoms with Crippen LogP contribution in [0.3, 0.4) is 0 Å². The molecule has 0 amide bonds. The molecule has 0 bridgehead atoms. The molecule has 2 aliphatic rings. The van der Waals surface area contributed by atoms with Gasteiger partial charge in [0.15, 0.2) is 0 Å². The minimum Gasteiger partial charge on any atom is -0.459 e. The van der Waals surface area contributed by atoms with Crippen LogP contribution >= 0.6 is 0 Å². The van der Waals surface area contributed by atoms with Gasteiger partial charge in [0.2, 0.25) is 0 Å². The molecule has 1 saturated carbocycles. The Morgan fingerprint density at radius 2 is 1.88 bits per heavy atom. The number of hydrogen-bond acceptors (Lipinski definition) is 3. The molecule has 1 fully saturated rings. The summed E-state index contributed by atoms with van der Waals surface area (Å²) in [4.78, 5) is 13.0. The zero-order chi connectivity index (χ0) is 18.3. The lowest BCUT2D eigenvalue weighted by Crippen LogP contribution is -2.48. The van der Waals surface area contributed by atoms with Crippen LogP contribution in [0, 0.1) is 5.92 Å². The van der Waals surface area contributed by atoms with E-state index in [0.717, 1.165) is 81.1 Å². The van der Waals surface area contributed by atoms with E-state index in [2.05, 4.69) is 27.0 Å². The van der Waals surface area contributed by atoms with E-state index < -0.39 is 11.5 Å². The molecular formula is C21H38NO3+. The van der Waals surface area contributed by atoms with Gasteiger partial charge in [-0.1, -0.05) is 30.9 Å². The predicted molar refractivity (Wildman–Crippen MR) is 101 cm³/mol. The maximum absolute atomic E-state index is 13.0. The van der Waals surface area contributed by atoms with E-state index in [1.807, 2.05) is 0 Å². The molecule has 0 aromatic rings. The number of carbonyl (C=O) groups excluding carboxylic acids is 1. The number of aliphatic hydroxyl groups is 1. The number of carbonyl (C=O) groups is 1. The summed E-state index contributed by atoms with van der Waals surface area (Å²) in [6.45, 7) is 7.69. The molecule has 144 valence electrons. The van der Waals surface area contributed by atoms with Crippen molar-refractivity contribution in [3.8, 4) is 0 Å². The number of quaternary nitrogens is 1. The van der Waals surface area contributed by atoms with Crippen molar-refractivity contribution in [2.75, 3.05) is 33.3 Å². The maximum Gasteiger partial charge on any atom is 0.316 e. The summed E-state index contributed by atoms with van der Waals surface area (Å²) in [5, 5.41) is 11.3. The normalized spacial score (nSPS) is 22.2. The van der Waals surface area contributed by atoms with E-state index in [9.17, 15) is 9.90 Å². The first-order chi connectivity index (χ1) is 11.9. The molecule has 0 aliphatic heterocycles. The van der Waals surface area contributed by atoms with Gasteiger partial charge < -0.3 is 14.3 Å². The van der Waals surface area contributed by atoms with E-state index in [1.165, 1.54) is 6.42 Å². The summed E-state index contributed by atoms with van der Waals surface area (Å²) >= 11 is 0. The Morgan fingerprint density at radius 3 is 2.44 bits per heavy atom. The monoisotopic (exact) mass is 352 g/mol. The molecular weight excluding hydrogens is 314 g/mol. The predicted octanol–water partition coefficient (Wildman–Crippen LogP) is 3.83. The van der Waals surface area contributed by atoms with E-state index in [-0.39, 0.29) is 5.97 Å². The zero-order valence-electron chi connectivity index (χ0n) is 16.6. The van der Waals surface area contributed by atoms with Gasteiger partial charge in [0.25, 0.3) is 0 Å². The summed E-state index contributed by atoms with van der Waals surface area (Å²) in [6, 6.07) is 0. The number of ether oxygens (including phenoxy) is 1. The molecule has 2 rings (SSSR count). The Hall–Kier alpha value is -0.870. The third-order valence-corrected chi connectivity index (χ3v) is 6.59. The van der Waals surface area contributed by atoms with Crippen LogP contribution in [-0.2, 0) is 9.53 Å². The highest BCUT2D eigenvalue weighted by atomic mass is 16.5. The number of hydrogen-bond donors (Lipinski definition) is 1. The van der Waals surface area contributed by atoms with Crippen LogP contribution in [0.5, 0.6) is 0 Å². The Balaban J connectivity index is 2.06. The van der Waals surface area contributed by atoms with Gasteiger partial charge in [-0.3, -0.25) is 4.79 Å². The molecule has 0 saturated heterocycles. The smallest absolute Gasteiger partial charge is 0.316 e. The van der Waals surface area contributed by atoms with Gasteiger partial charge in [0.1, 0.15) is 19.1 Å². The maximum atomic E-state index is 13.0. The Bertz CT molecular complexity index is 462. The molecule has 0 spiro atoms. The first-order valence-corrected chi connectivity index (χ1v) is 10.4. The molecule has 2 aliphatic carbocycles. The lowest BCUT2D eigenvalue weighted by Gasteiger charge is -2.40. The third-order valence-electron chi connectivity index (χ3n) is 6.59. The van der Waals surface area contributed by atoms with Crippen molar-refractivity contribution in [1.82, 2.24) is 0 Å². The fourth-order valence-corrected chi connectivity index (χ4v) is 4.28. The molecule has 4 heteroatoms. The van der Waals surface area contributed by atoms with Gasteiger partial charge in [0.05, 0.1) is 25.7 Å². The van der Waals surface area contributed by atoms with Gasteiger partial charge in [-0.25, -0.2) is 0 Å². The molecule has 1 atom stereocenters. The molecule has 1 unspecified atom stereocenters. The second-order valence-corrected chi connectivity index (χ2v) is 8.27. The average molecular weight is 353 g/mol. The van der Waals surface area contributed by atoms with Gasteiger partial charge >= 0.3 is 5.97 Å². The molecule has 0 aromatic heterocycles. The zero-order valence-corrected chi connectivity index (χ0v) is 16.6. The Kier molecular flexibility index (Phi) is 7.51. The SMILES string of the molecule is CC[N+](C)(CC)CCOC(=O)C(C1=CCCCC1)C1(O)CCCCC1. The van der Waals surface area contributed by atoms with Crippen molar-refractivity contribution in [3.05, 3.63) is 11.6 Å².